The lowest BCUT2D eigenvalue weighted by atomic mass is 10.1. The summed E-state index contributed by atoms with van der Waals surface area (Å²) < 4.78 is 0. The van der Waals surface area contributed by atoms with Gasteiger partial charge in [0.25, 0.3) is 0 Å². The van der Waals surface area contributed by atoms with Crippen molar-refractivity contribution in [1.82, 2.24) is 16.0 Å². The molecule has 0 aliphatic heterocycles. The predicted octanol–water partition coefficient (Wildman–Crippen LogP) is -3.54. The third-order valence-electron chi connectivity index (χ3n) is 3.86. The standard InChI is InChI=1S/C16H28N4O9S/c1-30-5-4-9(18-13(25)8(17)2-3-12(23)24)14(26)19-10(6-21)15(27)20-11(7-22)16(28)29/h8-11,21-22H,2-7,17H2,1H3,(H,18,25)(H,19,26)(H,20,27)(H,23,24)(H,28,29). The molecule has 3 amide bonds. The van der Waals surface area contributed by atoms with Crippen molar-refractivity contribution < 1.29 is 44.4 Å². The van der Waals surface area contributed by atoms with Gasteiger partial charge in [0, 0.05) is 6.42 Å². The number of nitrogens with two attached hydrogens (primary N) is 1. The number of aliphatic hydroxyl groups is 2. The monoisotopic (exact) mass is 452 g/mol. The average molecular weight is 452 g/mol. The molecule has 0 aromatic heterocycles. The van der Waals surface area contributed by atoms with Gasteiger partial charge in [-0.2, -0.15) is 11.8 Å². The lowest BCUT2D eigenvalue weighted by molar-refractivity contribution is -0.143. The van der Waals surface area contributed by atoms with Gasteiger partial charge in [-0.15, -0.1) is 0 Å². The first-order valence-corrected chi connectivity index (χ1v) is 10.3. The van der Waals surface area contributed by atoms with E-state index in [0.29, 0.717) is 5.75 Å². The molecule has 0 spiro atoms. The summed E-state index contributed by atoms with van der Waals surface area (Å²) in [4.78, 5) is 58.2. The van der Waals surface area contributed by atoms with Crippen LogP contribution < -0.4 is 21.7 Å². The molecule has 0 fully saturated rings. The molecule has 0 aliphatic rings. The Morgan fingerprint density at radius 1 is 0.833 bits per heavy atom. The van der Waals surface area contributed by atoms with Crippen LogP contribution in [0.2, 0.25) is 0 Å². The van der Waals surface area contributed by atoms with Crippen LogP contribution in [0.1, 0.15) is 19.3 Å². The van der Waals surface area contributed by atoms with Crippen molar-refractivity contribution in [3.8, 4) is 0 Å². The first kappa shape index (κ1) is 27.6. The predicted molar refractivity (Wildman–Crippen MR) is 105 cm³/mol. The normalized spacial score (nSPS) is 14.7. The van der Waals surface area contributed by atoms with Gasteiger partial charge in [0.15, 0.2) is 0 Å². The van der Waals surface area contributed by atoms with Crippen molar-refractivity contribution in [3.63, 3.8) is 0 Å². The van der Waals surface area contributed by atoms with Gasteiger partial charge in [-0.1, -0.05) is 0 Å². The molecule has 9 N–H and O–H groups in total. The van der Waals surface area contributed by atoms with E-state index in [9.17, 15) is 29.1 Å². The second kappa shape index (κ2) is 14.5. The maximum atomic E-state index is 12.5. The second-order valence-electron chi connectivity index (χ2n) is 6.21. The Labute approximate surface area is 176 Å². The molecular weight excluding hydrogens is 424 g/mol. The minimum atomic E-state index is -1.62. The van der Waals surface area contributed by atoms with Gasteiger partial charge >= 0.3 is 11.9 Å². The highest BCUT2D eigenvalue weighted by Gasteiger charge is 2.29. The number of nitrogens with one attached hydrogen (secondary N) is 3. The van der Waals surface area contributed by atoms with E-state index in [1.54, 1.807) is 6.26 Å². The van der Waals surface area contributed by atoms with Crippen LogP contribution >= 0.6 is 11.8 Å². The summed E-state index contributed by atoms with van der Waals surface area (Å²) in [6.07, 6.45) is 1.44. The Bertz CT molecular complexity index is 620. The third-order valence-corrected chi connectivity index (χ3v) is 4.51. The molecule has 0 rings (SSSR count). The van der Waals surface area contributed by atoms with E-state index in [4.69, 9.17) is 21.1 Å². The highest BCUT2D eigenvalue weighted by molar-refractivity contribution is 7.98. The fraction of sp³-hybridized carbons (Fsp3) is 0.688. The summed E-state index contributed by atoms with van der Waals surface area (Å²) in [6.45, 7) is -1.76. The zero-order valence-electron chi connectivity index (χ0n) is 16.4. The first-order chi connectivity index (χ1) is 14.1. The van der Waals surface area contributed by atoms with E-state index in [1.807, 2.05) is 5.32 Å². The molecule has 30 heavy (non-hydrogen) atoms. The van der Waals surface area contributed by atoms with E-state index in [0.717, 1.165) is 0 Å². The number of hydrogen-bond acceptors (Lipinski definition) is 9. The summed E-state index contributed by atoms with van der Waals surface area (Å²) in [5.41, 5.74) is 5.62. The molecule has 0 radical (unpaired) electrons. The van der Waals surface area contributed by atoms with Gasteiger partial charge in [-0.25, -0.2) is 4.79 Å². The summed E-state index contributed by atoms with van der Waals surface area (Å²) in [5, 5.41) is 42.4. The van der Waals surface area contributed by atoms with Crippen molar-refractivity contribution in [1.29, 1.82) is 0 Å². The molecule has 0 aromatic rings. The number of amides is 3. The Balaban J connectivity index is 5.09. The number of aliphatic carboxylic acids is 2. The molecule has 13 nitrogen and oxygen atoms in total. The summed E-state index contributed by atoms with van der Waals surface area (Å²) in [7, 11) is 0. The highest BCUT2D eigenvalue weighted by Crippen LogP contribution is 2.04. The van der Waals surface area contributed by atoms with E-state index in [-0.39, 0.29) is 19.3 Å². The van der Waals surface area contributed by atoms with Crippen molar-refractivity contribution in [2.75, 3.05) is 25.2 Å². The lowest BCUT2D eigenvalue weighted by Crippen LogP contribution is -2.58. The summed E-state index contributed by atoms with van der Waals surface area (Å²) >= 11 is 1.38. The van der Waals surface area contributed by atoms with Crippen LogP contribution in [0.3, 0.4) is 0 Å². The molecule has 0 bridgehead atoms. The lowest BCUT2D eigenvalue weighted by Gasteiger charge is -2.24. The average Bonchev–Trinajstić information content (AvgIpc) is 2.70. The van der Waals surface area contributed by atoms with Gasteiger partial charge in [-0.3, -0.25) is 19.2 Å². The number of carbonyl (C=O) groups is 5. The molecule has 14 heteroatoms. The van der Waals surface area contributed by atoms with E-state index in [2.05, 4.69) is 10.6 Å². The molecule has 0 aliphatic carbocycles. The maximum Gasteiger partial charge on any atom is 0.328 e. The van der Waals surface area contributed by atoms with E-state index >= 15 is 0 Å². The molecule has 0 aromatic carbocycles. The van der Waals surface area contributed by atoms with E-state index in [1.165, 1.54) is 11.8 Å². The minimum Gasteiger partial charge on any atom is -0.481 e. The van der Waals surface area contributed by atoms with Crippen molar-refractivity contribution in [3.05, 3.63) is 0 Å². The van der Waals surface area contributed by atoms with Crippen LogP contribution in [0.25, 0.3) is 0 Å². The summed E-state index contributed by atoms with van der Waals surface area (Å²) in [5.74, 6) is -4.81. The van der Waals surface area contributed by atoms with Crippen molar-refractivity contribution in [2.24, 2.45) is 5.73 Å². The zero-order chi connectivity index (χ0) is 23.3. The van der Waals surface area contributed by atoms with Gasteiger partial charge in [-0.05, 0) is 24.9 Å². The highest BCUT2D eigenvalue weighted by atomic mass is 32.2. The zero-order valence-corrected chi connectivity index (χ0v) is 17.2. The molecule has 0 heterocycles. The van der Waals surface area contributed by atoms with Gasteiger partial charge in [0.1, 0.15) is 18.1 Å². The van der Waals surface area contributed by atoms with Crippen LogP contribution in [0, 0.1) is 0 Å². The molecular formula is C16H28N4O9S. The van der Waals surface area contributed by atoms with Gasteiger partial charge in [0.2, 0.25) is 17.7 Å². The number of aliphatic hydroxyl groups excluding tert-OH is 2. The number of thioether (sulfide) groups is 1. The maximum absolute atomic E-state index is 12.5. The number of carboxylic acid groups (broad SMARTS) is 2. The van der Waals surface area contributed by atoms with E-state index < -0.39 is 67.0 Å². The quantitative estimate of drug-likeness (QED) is 0.121. The number of carboxylic acids is 2. The first-order valence-electron chi connectivity index (χ1n) is 8.89. The number of carbonyl (C=O) groups excluding carboxylic acids is 3. The molecule has 4 unspecified atom stereocenters. The topological polar surface area (TPSA) is 228 Å². The van der Waals surface area contributed by atoms with Gasteiger partial charge < -0.3 is 42.1 Å². The summed E-state index contributed by atoms with van der Waals surface area (Å²) in [6, 6.07) is -5.44. The van der Waals surface area contributed by atoms with Gasteiger partial charge in [0.05, 0.1) is 19.3 Å². The second-order valence-corrected chi connectivity index (χ2v) is 7.19. The van der Waals surface area contributed by atoms with Crippen LogP contribution in [0.5, 0.6) is 0 Å². The minimum absolute atomic E-state index is 0.141. The molecule has 0 saturated heterocycles. The third kappa shape index (κ3) is 10.4. The smallest absolute Gasteiger partial charge is 0.328 e. The number of hydrogen-bond donors (Lipinski definition) is 8. The van der Waals surface area contributed by atoms with Crippen LogP contribution in [-0.4, -0.2) is 99.5 Å². The fourth-order valence-corrected chi connectivity index (χ4v) is 2.59. The fourth-order valence-electron chi connectivity index (χ4n) is 2.12. The van der Waals surface area contributed by atoms with Crippen molar-refractivity contribution >= 4 is 41.4 Å². The Morgan fingerprint density at radius 3 is 1.80 bits per heavy atom. The Kier molecular flexibility index (Phi) is 13.4. The van der Waals surface area contributed by atoms with Crippen LogP contribution in [0.15, 0.2) is 0 Å². The Hall–Kier alpha value is -2.42. The molecule has 172 valence electrons. The van der Waals surface area contributed by atoms with Crippen LogP contribution in [-0.2, 0) is 24.0 Å². The Morgan fingerprint density at radius 2 is 1.33 bits per heavy atom. The largest absolute Gasteiger partial charge is 0.481 e. The van der Waals surface area contributed by atoms with Crippen LogP contribution in [0.4, 0.5) is 0 Å². The SMILES string of the molecule is CSCCC(NC(=O)C(N)CCC(=O)O)C(=O)NC(CO)C(=O)NC(CO)C(=O)O. The number of rotatable bonds is 15. The molecule has 0 saturated carbocycles. The van der Waals surface area contributed by atoms with Crippen molar-refractivity contribution in [2.45, 2.75) is 43.4 Å². The molecule has 4 atom stereocenters.